The lowest BCUT2D eigenvalue weighted by Crippen LogP contribution is -2.39. The van der Waals surface area contributed by atoms with Crippen molar-refractivity contribution < 1.29 is 17.9 Å². The Morgan fingerprint density at radius 2 is 2.19 bits per heavy atom. The molecule has 2 rings (SSSR count). The molecule has 2 N–H and O–H groups in total. The predicted octanol–water partition coefficient (Wildman–Crippen LogP) is 0.862. The molecular formula is C13H19BrN2O4S. The average Bonchev–Trinajstić information content (AvgIpc) is 2.46. The van der Waals surface area contributed by atoms with Gasteiger partial charge in [0.05, 0.1) is 30.8 Å². The molecule has 1 saturated heterocycles. The fourth-order valence-corrected chi connectivity index (χ4v) is 4.20. The Morgan fingerprint density at radius 3 is 2.81 bits per heavy atom. The maximum Gasteiger partial charge on any atom is 0.241 e. The van der Waals surface area contributed by atoms with Crippen molar-refractivity contribution in [3.8, 4) is 0 Å². The molecule has 1 aromatic rings. The number of nitrogens with one attached hydrogen (secondary N) is 2. The minimum Gasteiger partial charge on any atom is -0.376 e. The number of hydrogen-bond donors (Lipinski definition) is 2. The molecule has 1 unspecified atom stereocenters. The van der Waals surface area contributed by atoms with Gasteiger partial charge in [0.1, 0.15) is 0 Å². The minimum atomic E-state index is -3.57. The molecule has 1 fully saturated rings. The number of benzene rings is 1. The Kier molecular flexibility index (Phi) is 6.15. The average molecular weight is 379 g/mol. The highest BCUT2D eigenvalue weighted by Crippen LogP contribution is 2.23. The summed E-state index contributed by atoms with van der Waals surface area (Å²) in [5.74, 6) is 0. The van der Waals surface area contributed by atoms with Crippen molar-refractivity contribution >= 4 is 26.0 Å². The van der Waals surface area contributed by atoms with Crippen LogP contribution in [0.3, 0.4) is 0 Å². The highest BCUT2D eigenvalue weighted by molar-refractivity contribution is 9.10. The SMILES string of the molecule is CNCc1ccc(S(=O)(=O)NCC2COCCO2)c(Br)c1. The van der Waals surface area contributed by atoms with E-state index in [1.165, 1.54) is 0 Å². The second-order valence-electron chi connectivity index (χ2n) is 4.71. The first-order chi connectivity index (χ1) is 10.0. The molecule has 6 nitrogen and oxygen atoms in total. The maximum atomic E-state index is 12.3. The van der Waals surface area contributed by atoms with Crippen molar-refractivity contribution in [2.45, 2.75) is 17.5 Å². The third-order valence-corrected chi connectivity index (χ3v) is 5.45. The Bertz CT molecular complexity index is 574. The molecular weight excluding hydrogens is 360 g/mol. The fraction of sp³-hybridized carbons (Fsp3) is 0.538. The van der Waals surface area contributed by atoms with Gasteiger partial charge < -0.3 is 14.8 Å². The molecule has 0 aromatic heterocycles. The van der Waals surface area contributed by atoms with E-state index < -0.39 is 10.0 Å². The summed E-state index contributed by atoms with van der Waals surface area (Å²) in [7, 11) is -1.74. The summed E-state index contributed by atoms with van der Waals surface area (Å²) >= 11 is 3.32. The van der Waals surface area contributed by atoms with Crippen LogP contribution in [0.1, 0.15) is 5.56 Å². The summed E-state index contributed by atoms with van der Waals surface area (Å²) in [6.07, 6.45) is -0.240. The second kappa shape index (κ2) is 7.66. The van der Waals surface area contributed by atoms with Crippen LogP contribution in [0.15, 0.2) is 27.6 Å². The molecule has 0 bridgehead atoms. The van der Waals surface area contributed by atoms with Crippen molar-refractivity contribution in [2.24, 2.45) is 0 Å². The van der Waals surface area contributed by atoms with Gasteiger partial charge in [0.15, 0.2) is 0 Å². The van der Waals surface area contributed by atoms with Crippen molar-refractivity contribution in [1.29, 1.82) is 0 Å². The zero-order valence-corrected chi connectivity index (χ0v) is 14.2. The van der Waals surface area contributed by atoms with Crippen LogP contribution < -0.4 is 10.0 Å². The van der Waals surface area contributed by atoms with E-state index in [-0.39, 0.29) is 17.5 Å². The predicted molar refractivity (Wildman–Crippen MR) is 82.7 cm³/mol. The van der Waals surface area contributed by atoms with Crippen molar-refractivity contribution in [2.75, 3.05) is 33.4 Å². The Morgan fingerprint density at radius 1 is 1.38 bits per heavy atom. The van der Waals surface area contributed by atoms with E-state index in [1.807, 2.05) is 7.05 Å². The van der Waals surface area contributed by atoms with Gasteiger partial charge in [0.2, 0.25) is 10.0 Å². The van der Waals surface area contributed by atoms with Crippen molar-refractivity contribution in [3.63, 3.8) is 0 Å². The van der Waals surface area contributed by atoms with E-state index in [0.717, 1.165) is 5.56 Å². The summed E-state index contributed by atoms with van der Waals surface area (Å²) in [4.78, 5) is 0.221. The molecule has 1 aromatic carbocycles. The van der Waals surface area contributed by atoms with E-state index in [1.54, 1.807) is 18.2 Å². The first-order valence-electron chi connectivity index (χ1n) is 6.65. The third kappa shape index (κ3) is 4.73. The molecule has 0 saturated carbocycles. The molecule has 1 aliphatic rings. The zero-order chi connectivity index (χ0) is 15.3. The van der Waals surface area contributed by atoms with Gasteiger partial charge in [-0.25, -0.2) is 13.1 Å². The van der Waals surface area contributed by atoms with E-state index in [9.17, 15) is 8.42 Å². The van der Waals surface area contributed by atoms with Gasteiger partial charge in [-0.3, -0.25) is 0 Å². The fourth-order valence-electron chi connectivity index (χ4n) is 2.01. The van der Waals surface area contributed by atoms with Gasteiger partial charge in [-0.1, -0.05) is 6.07 Å². The lowest BCUT2D eigenvalue weighted by Gasteiger charge is -2.23. The van der Waals surface area contributed by atoms with Crippen LogP contribution in [0.5, 0.6) is 0 Å². The van der Waals surface area contributed by atoms with E-state index in [0.29, 0.717) is 30.8 Å². The number of halogens is 1. The minimum absolute atomic E-state index is 0.201. The van der Waals surface area contributed by atoms with Crippen LogP contribution in [-0.2, 0) is 26.0 Å². The molecule has 1 aliphatic heterocycles. The van der Waals surface area contributed by atoms with Crippen molar-refractivity contribution in [3.05, 3.63) is 28.2 Å². The summed E-state index contributed by atoms with van der Waals surface area (Å²) in [5, 5.41) is 3.02. The summed E-state index contributed by atoms with van der Waals surface area (Å²) < 4.78 is 38.4. The molecule has 8 heteroatoms. The molecule has 1 heterocycles. The van der Waals surface area contributed by atoms with Crippen LogP contribution in [0.4, 0.5) is 0 Å². The number of ether oxygens (including phenoxy) is 2. The van der Waals surface area contributed by atoms with E-state index in [2.05, 4.69) is 26.0 Å². The summed E-state index contributed by atoms with van der Waals surface area (Å²) in [6.45, 7) is 2.34. The molecule has 21 heavy (non-hydrogen) atoms. The quantitative estimate of drug-likeness (QED) is 0.767. The number of sulfonamides is 1. The van der Waals surface area contributed by atoms with E-state index >= 15 is 0 Å². The molecule has 1 atom stereocenters. The first kappa shape index (κ1) is 16.9. The van der Waals surface area contributed by atoms with Crippen LogP contribution in [0, 0.1) is 0 Å². The van der Waals surface area contributed by atoms with Gasteiger partial charge in [0.25, 0.3) is 0 Å². The molecule has 0 spiro atoms. The summed E-state index contributed by atoms with van der Waals surface area (Å²) in [5.41, 5.74) is 1.01. The Hall–Kier alpha value is -0.510. The van der Waals surface area contributed by atoms with Crippen LogP contribution in [0.2, 0.25) is 0 Å². The van der Waals surface area contributed by atoms with Crippen LogP contribution in [0.25, 0.3) is 0 Å². The van der Waals surface area contributed by atoms with Gasteiger partial charge in [-0.15, -0.1) is 0 Å². The Balaban J connectivity index is 2.04. The van der Waals surface area contributed by atoms with Crippen LogP contribution >= 0.6 is 15.9 Å². The number of rotatable bonds is 6. The smallest absolute Gasteiger partial charge is 0.241 e. The van der Waals surface area contributed by atoms with Gasteiger partial charge >= 0.3 is 0 Å². The standard InChI is InChI=1S/C13H19BrN2O4S/c1-15-7-10-2-3-13(12(14)6-10)21(17,18)16-8-11-9-19-4-5-20-11/h2-3,6,11,15-16H,4-5,7-9H2,1H3. The first-order valence-corrected chi connectivity index (χ1v) is 8.92. The van der Waals surface area contributed by atoms with Crippen LogP contribution in [-0.4, -0.2) is 47.9 Å². The molecule has 0 radical (unpaired) electrons. The topological polar surface area (TPSA) is 76.7 Å². The summed E-state index contributed by atoms with van der Waals surface area (Å²) in [6, 6.07) is 5.18. The molecule has 0 amide bonds. The van der Waals surface area contributed by atoms with Gasteiger partial charge in [-0.05, 0) is 40.7 Å². The lowest BCUT2D eigenvalue weighted by molar-refractivity contribution is -0.0846. The highest BCUT2D eigenvalue weighted by Gasteiger charge is 2.21. The third-order valence-electron chi connectivity index (χ3n) is 3.05. The normalized spacial score (nSPS) is 19.6. The lowest BCUT2D eigenvalue weighted by atomic mass is 10.2. The Labute approximate surface area is 133 Å². The monoisotopic (exact) mass is 378 g/mol. The highest BCUT2D eigenvalue weighted by atomic mass is 79.9. The zero-order valence-electron chi connectivity index (χ0n) is 11.8. The van der Waals surface area contributed by atoms with Crippen molar-refractivity contribution in [1.82, 2.24) is 10.0 Å². The van der Waals surface area contributed by atoms with Gasteiger partial charge in [-0.2, -0.15) is 0 Å². The second-order valence-corrected chi connectivity index (χ2v) is 7.30. The van der Waals surface area contributed by atoms with Gasteiger partial charge in [0, 0.05) is 17.6 Å². The maximum absolute atomic E-state index is 12.3. The largest absolute Gasteiger partial charge is 0.376 e. The number of hydrogen-bond acceptors (Lipinski definition) is 5. The molecule has 118 valence electrons. The van der Waals surface area contributed by atoms with E-state index in [4.69, 9.17) is 9.47 Å². The molecule has 0 aliphatic carbocycles.